The number of hydrogen-bond donors (Lipinski definition) is 1. The smallest absolute Gasteiger partial charge is 0.265 e. The van der Waals surface area contributed by atoms with Crippen LogP contribution in [0.3, 0.4) is 0 Å². The van der Waals surface area contributed by atoms with E-state index in [2.05, 4.69) is 12.2 Å². The maximum Gasteiger partial charge on any atom is 0.265 e. The van der Waals surface area contributed by atoms with Crippen molar-refractivity contribution in [1.82, 2.24) is 5.32 Å². The molecule has 7 heteroatoms. The highest BCUT2D eigenvalue weighted by Crippen LogP contribution is 2.49. The van der Waals surface area contributed by atoms with Crippen LogP contribution < -0.4 is 9.62 Å². The summed E-state index contributed by atoms with van der Waals surface area (Å²) < 4.78 is 28.2. The fourth-order valence-corrected chi connectivity index (χ4v) is 7.83. The van der Waals surface area contributed by atoms with Gasteiger partial charge in [0, 0.05) is 18.2 Å². The zero-order valence-electron chi connectivity index (χ0n) is 17.6. The van der Waals surface area contributed by atoms with Gasteiger partial charge in [0.2, 0.25) is 0 Å². The van der Waals surface area contributed by atoms with Crippen molar-refractivity contribution < 1.29 is 13.2 Å². The SMILES string of the molecule is C[C@H](NC(=O)c1ccc(Cl)c(S(=O)(=O)N2CCc3ccccc32)c1)[C@H]1C[C@H]2CC[C@@H]1C2. The molecule has 2 bridgehead atoms. The first-order valence-electron chi connectivity index (χ1n) is 11.1. The molecule has 1 heterocycles. The Morgan fingerprint density at radius 2 is 1.97 bits per heavy atom. The van der Waals surface area contributed by atoms with Crippen molar-refractivity contribution in [1.29, 1.82) is 0 Å². The van der Waals surface area contributed by atoms with E-state index in [-0.39, 0.29) is 21.9 Å². The van der Waals surface area contributed by atoms with Crippen molar-refractivity contribution in [3.63, 3.8) is 0 Å². The number of halogens is 1. The quantitative estimate of drug-likeness (QED) is 0.709. The molecule has 3 aliphatic rings. The van der Waals surface area contributed by atoms with Crippen molar-refractivity contribution in [3.8, 4) is 0 Å². The van der Waals surface area contributed by atoms with E-state index in [9.17, 15) is 13.2 Å². The van der Waals surface area contributed by atoms with E-state index in [1.165, 1.54) is 42.1 Å². The minimum Gasteiger partial charge on any atom is -0.349 e. The highest BCUT2D eigenvalue weighted by Gasteiger charge is 2.42. The van der Waals surface area contributed by atoms with Gasteiger partial charge >= 0.3 is 0 Å². The van der Waals surface area contributed by atoms with E-state index in [1.54, 1.807) is 12.1 Å². The van der Waals surface area contributed by atoms with E-state index >= 15 is 0 Å². The molecule has 31 heavy (non-hydrogen) atoms. The van der Waals surface area contributed by atoms with Gasteiger partial charge in [-0.15, -0.1) is 0 Å². The molecule has 1 N–H and O–H groups in total. The number of nitrogens with zero attached hydrogens (tertiary/aromatic N) is 1. The molecule has 5 rings (SSSR count). The third-order valence-electron chi connectivity index (χ3n) is 7.40. The Balaban J connectivity index is 1.38. The number of rotatable bonds is 5. The lowest BCUT2D eigenvalue weighted by molar-refractivity contribution is 0.0915. The largest absolute Gasteiger partial charge is 0.349 e. The Labute approximate surface area is 188 Å². The Morgan fingerprint density at radius 3 is 2.71 bits per heavy atom. The zero-order valence-corrected chi connectivity index (χ0v) is 19.1. The Kier molecular flexibility index (Phi) is 5.25. The van der Waals surface area contributed by atoms with E-state index in [0.29, 0.717) is 36.1 Å². The second kappa shape index (κ2) is 7.82. The lowest BCUT2D eigenvalue weighted by atomic mass is 9.84. The Morgan fingerprint density at radius 1 is 1.16 bits per heavy atom. The maximum atomic E-state index is 13.4. The molecule has 0 saturated heterocycles. The van der Waals surface area contributed by atoms with Crippen LogP contribution in [0, 0.1) is 17.8 Å². The average molecular weight is 459 g/mol. The van der Waals surface area contributed by atoms with E-state index in [0.717, 1.165) is 11.5 Å². The van der Waals surface area contributed by atoms with Gasteiger partial charge in [-0.1, -0.05) is 36.2 Å². The summed E-state index contributed by atoms with van der Waals surface area (Å²) >= 11 is 6.31. The van der Waals surface area contributed by atoms with E-state index in [4.69, 9.17) is 11.6 Å². The fourth-order valence-electron chi connectivity index (χ4n) is 5.82. The molecule has 164 valence electrons. The molecular weight excluding hydrogens is 432 g/mol. The van der Waals surface area contributed by atoms with Gasteiger partial charge in [0.1, 0.15) is 4.90 Å². The molecule has 2 aliphatic carbocycles. The van der Waals surface area contributed by atoms with Crippen LogP contribution in [-0.4, -0.2) is 26.9 Å². The van der Waals surface area contributed by atoms with Crippen molar-refractivity contribution in [2.24, 2.45) is 17.8 Å². The lowest BCUT2D eigenvalue weighted by Gasteiger charge is -2.28. The van der Waals surface area contributed by atoms with Crippen LogP contribution in [0.25, 0.3) is 0 Å². The molecule has 1 amide bonds. The number of carbonyl (C=O) groups excluding carboxylic acids is 1. The minimum atomic E-state index is -3.87. The van der Waals surface area contributed by atoms with Crippen LogP contribution >= 0.6 is 11.6 Å². The summed E-state index contributed by atoms with van der Waals surface area (Å²) in [5, 5.41) is 3.24. The summed E-state index contributed by atoms with van der Waals surface area (Å²) in [6.07, 6.45) is 5.70. The van der Waals surface area contributed by atoms with Crippen molar-refractivity contribution in [2.75, 3.05) is 10.8 Å². The van der Waals surface area contributed by atoms with Crippen LogP contribution in [0.5, 0.6) is 0 Å². The molecule has 2 saturated carbocycles. The third kappa shape index (κ3) is 3.64. The zero-order chi connectivity index (χ0) is 21.8. The van der Waals surface area contributed by atoms with Crippen molar-refractivity contribution >= 4 is 33.2 Å². The molecule has 0 unspecified atom stereocenters. The number of sulfonamides is 1. The van der Waals surface area contributed by atoms with E-state index < -0.39 is 10.0 Å². The fraction of sp³-hybridized carbons (Fsp3) is 0.458. The summed E-state index contributed by atoms with van der Waals surface area (Å²) in [6, 6.07) is 12.1. The highest BCUT2D eigenvalue weighted by atomic mass is 35.5. The van der Waals surface area contributed by atoms with Crippen molar-refractivity contribution in [3.05, 3.63) is 58.6 Å². The first-order chi connectivity index (χ1) is 14.8. The van der Waals surface area contributed by atoms with Gasteiger partial charge in [-0.05, 0) is 80.2 Å². The van der Waals surface area contributed by atoms with Crippen molar-refractivity contribution in [2.45, 2.75) is 50.0 Å². The maximum absolute atomic E-state index is 13.4. The molecule has 0 radical (unpaired) electrons. The number of para-hydroxylation sites is 1. The van der Waals surface area contributed by atoms with Crippen LogP contribution in [-0.2, 0) is 16.4 Å². The Hall–Kier alpha value is -2.05. The normalized spacial score (nSPS) is 25.5. The van der Waals surface area contributed by atoms with Gasteiger partial charge in [-0.3, -0.25) is 9.10 Å². The van der Waals surface area contributed by atoms with Gasteiger partial charge in [0.15, 0.2) is 0 Å². The molecule has 4 atom stereocenters. The molecule has 2 aromatic carbocycles. The van der Waals surface area contributed by atoms with Gasteiger partial charge in [0.05, 0.1) is 10.7 Å². The van der Waals surface area contributed by atoms with Crippen LogP contribution in [0.1, 0.15) is 48.5 Å². The number of nitrogens with one attached hydrogen (secondary N) is 1. The first kappa shape index (κ1) is 20.8. The topological polar surface area (TPSA) is 66.5 Å². The summed E-state index contributed by atoms with van der Waals surface area (Å²) in [6.45, 7) is 2.44. The number of hydrogen-bond acceptors (Lipinski definition) is 3. The number of fused-ring (bicyclic) bond motifs is 3. The van der Waals surface area contributed by atoms with Gasteiger partial charge in [-0.25, -0.2) is 8.42 Å². The molecule has 2 fully saturated rings. The second-order valence-corrected chi connectivity index (χ2v) is 11.4. The molecule has 5 nitrogen and oxygen atoms in total. The monoisotopic (exact) mass is 458 g/mol. The minimum absolute atomic E-state index is 0.0221. The molecular formula is C24H27ClN2O3S. The third-order valence-corrected chi connectivity index (χ3v) is 9.69. The lowest BCUT2D eigenvalue weighted by Crippen LogP contribution is -2.40. The predicted octanol–water partition coefficient (Wildman–Crippen LogP) is 4.65. The van der Waals surface area contributed by atoms with Gasteiger partial charge in [-0.2, -0.15) is 0 Å². The number of amides is 1. The van der Waals surface area contributed by atoms with E-state index in [1.807, 2.05) is 18.2 Å². The molecule has 2 aromatic rings. The molecule has 1 aliphatic heterocycles. The second-order valence-electron chi connectivity index (χ2n) is 9.20. The molecule has 0 aromatic heterocycles. The van der Waals surface area contributed by atoms with Crippen LogP contribution in [0.15, 0.2) is 47.4 Å². The van der Waals surface area contributed by atoms with Crippen LogP contribution in [0.2, 0.25) is 5.02 Å². The Bertz CT molecular complexity index is 1130. The average Bonchev–Trinajstić information content (AvgIpc) is 3.49. The number of anilines is 1. The van der Waals surface area contributed by atoms with Crippen LogP contribution in [0.4, 0.5) is 5.69 Å². The summed E-state index contributed by atoms with van der Waals surface area (Å²) in [5.74, 6) is 1.78. The standard InChI is InChI=1S/C24H27ClN2O3S/c1-15(20-13-16-6-7-18(20)12-16)26-24(28)19-8-9-21(25)23(14-19)31(29,30)27-11-10-17-4-2-3-5-22(17)27/h2-5,8-9,14-16,18,20H,6-7,10-13H2,1H3,(H,26,28)/t15-,16-,18+,20+/m0/s1. The summed E-state index contributed by atoms with van der Waals surface area (Å²) in [4.78, 5) is 12.9. The summed E-state index contributed by atoms with van der Waals surface area (Å²) in [7, 11) is -3.87. The number of carbonyl (C=O) groups is 1. The predicted molar refractivity (Wildman–Crippen MR) is 122 cm³/mol. The highest BCUT2D eigenvalue weighted by molar-refractivity contribution is 7.93. The summed E-state index contributed by atoms with van der Waals surface area (Å²) in [5.41, 5.74) is 2.00. The number of benzene rings is 2. The first-order valence-corrected chi connectivity index (χ1v) is 12.9. The van der Waals surface area contributed by atoms with Gasteiger partial charge in [0.25, 0.3) is 15.9 Å². The molecule has 0 spiro atoms. The van der Waals surface area contributed by atoms with Gasteiger partial charge < -0.3 is 5.32 Å².